The molecule has 0 aliphatic heterocycles. The van der Waals surface area contributed by atoms with Crippen LogP contribution in [0.4, 0.5) is 39.4 Å². The Hall–Kier alpha value is -4.93. The van der Waals surface area contributed by atoms with Gasteiger partial charge in [0, 0.05) is 34.9 Å². The van der Waals surface area contributed by atoms with Crippen molar-refractivity contribution in [2.45, 2.75) is 20.8 Å². The fourth-order valence-electron chi connectivity index (χ4n) is 3.30. The van der Waals surface area contributed by atoms with Gasteiger partial charge in [-0.05, 0) is 68.8 Å². The number of carboxylic acid groups (broad SMARTS) is 1. The van der Waals surface area contributed by atoms with Crippen molar-refractivity contribution in [2.24, 2.45) is 0 Å². The molecule has 0 radical (unpaired) electrons. The second-order valence-corrected chi connectivity index (χ2v) is 7.88. The van der Waals surface area contributed by atoms with E-state index in [4.69, 9.17) is 5.11 Å². The van der Waals surface area contributed by atoms with Gasteiger partial charge in [0.1, 0.15) is 11.6 Å². The van der Waals surface area contributed by atoms with Gasteiger partial charge in [-0.1, -0.05) is 0 Å². The molecule has 2 heterocycles. The number of hydrogen-bond acceptors (Lipinski definition) is 7. The third-order valence-electron chi connectivity index (χ3n) is 4.94. The number of amides is 2. The van der Waals surface area contributed by atoms with Gasteiger partial charge >= 0.3 is 12.0 Å². The average Bonchev–Trinajstić information content (AvgIpc) is 3.20. The van der Waals surface area contributed by atoms with Crippen LogP contribution in [-0.4, -0.2) is 37.3 Å². The Labute approximate surface area is 201 Å². The van der Waals surface area contributed by atoms with E-state index in [0.717, 1.165) is 28.5 Å². The monoisotopic (exact) mass is 472 g/mol. The molecule has 35 heavy (non-hydrogen) atoms. The molecule has 0 aliphatic rings. The summed E-state index contributed by atoms with van der Waals surface area (Å²) in [5.41, 5.74) is 4.53. The van der Waals surface area contributed by atoms with E-state index >= 15 is 0 Å². The molecule has 178 valence electrons. The molecule has 0 saturated heterocycles. The van der Waals surface area contributed by atoms with E-state index in [9.17, 15) is 9.59 Å². The predicted octanol–water partition coefficient (Wildman–Crippen LogP) is 4.95. The van der Waals surface area contributed by atoms with E-state index in [2.05, 4.69) is 41.4 Å². The summed E-state index contributed by atoms with van der Waals surface area (Å²) in [7, 11) is 0. The van der Waals surface area contributed by atoms with Gasteiger partial charge in [-0.3, -0.25) is 5.10 Å². The maximum Gasteiger partial charge on any atom is 0.335 e. The molecule has 4 rings (SSSR count). The highest BCUT2D eigenvalue weighted by atomic mass is 16.4. The number of carboxylic acids is 1. The molecular formula is C24H24N8O3. The molecule has 2 aromatic heterocycles. The molecule has 0 aliphatic carbocycles. The van der Waals surface area contributed by atoms with Crippen LogP contribution in [0.5, 0.6) is 0 Å². The standard InChI is InChI=1S/C24H24N8O3/c1-13-10-18(27-24(35)26-17-6-4-16(5-7-17)22(33)34)8-9-19(13)28-23-25-14(2)11-20(30-23)29-21-12-15(3)31-32-21/h4-12H,1-3H3,(H,33,34)(H2,26,27,35)(H3,25,28,29,30,31,32). The number of aryl methyl sites for hydroxylation is 3. The van der Waals surface area contributed by atoms with Crippen molar-refractivity contribution in [1.82, 2.24) is 20.2 Å². The minimum atomic E-state index is -1.03. The summed E-state index contributed by atoms with van der Waals surface area (Å²) in [5.74, 6) is 0.749. The number of aromatic carboxylic acids is 1. The van der Waals surface area contributed by atoms with Crippen molar-refractivity contribution in [3.05, 3.63) is 77.1 Å². The van der Waals surface area contributed by atoms with E-state index in [-0.39, 0.29) is 5.56 Å². The molecule has 4 aromatic rings. The van der Waals surface area contributed by atoms with E-state index in [0.29, 0.717) is 23.1 Å². The van der Waals surface area contributed by atoms with Gasteiger partial charge in [0.25, 0.3) is 0 Å². The number of H-pyrrole nitrogens is 1. The largest absolute Gasteiger partial charge is 0.478 e. The average molecular weight is 473 g/mol. The smallest absolute Gasteiger partial charge is 0.335 e. The lowest BCUT2D eigenvalue weighted by atomic mass is 10.2. The summed E-state index contributed by atoms with van der Waals surface area (Å²) < 4.78 is 0. The molecule has 11 nitrogen and oxygen atoms in total. The van der Waals surface area contributed by atoms with E-state index in [1.165, 1.54) is 24.3 Å². The fraction of sp³-hybridized carbons (Fsp3) is 0.125. The van der Waals surface area contributed by atoms with Crippen molar-refractivity contribution >= 4 is 46.6 Å². The van der Waals surface area contributed by atoms with Crippen molar-refractivity contribution in [2.75, 3.05) is 21.3 Å². The van der Waals surface area contributed by atoms with Crippen LogP contribution in [0.2, 0.25) is 0 Å². The van der Waals surface area contributed by atoms with Crippen molar-refractivity contribution in [3.63, 3.8) is 0 Å². The van der Waals surface area contributed by atoms with E-state index < -0.39 is 12.0 Å². The van der Waals surface area contributed by atoms with Crippen LogP contribution in [0.3, 0.4) is 0 Å². The molecule has 0 spiro atoms. The number of carbonyl (C=O) groups excluding carboxylic acids is 1. The molecule has 0 saturated carbocycles. The molecule has 0 fully saturated rings. The number of carbonyl (C=O) groups is 2. The van der Waals surface area contributed by atoms with Gasteiger partial charge in [0.2, 0.25) is 5.95 Å². The molecule has 2 amide bonds. The highest BCUT2D eigenvalue weighted by Gasteiger charge is 2.09. The Morgan fingerprint density at radius 1 is 0.829 bits per heavy atom. The van der Waals surface area contributed by atoms with Gasteiger partial charge in [-0.25, -0.2) is 14.6 Å². The van der Waals surface area contributed by atoms with Gasteiger partial charge in [-0.15, -0.1) is 0 Å². The normalized spacial score (nSPS) is 10.5. The summed E-state index contributed by atoms with van der Waals surface area (Å²) in [6.07, 6.45) is 0. The number of aromatic amines is 1. The van der Waals surface area contributed by atoms with Gasteiger partial charge < -0.3 is 26.4 Å². The number of nitrogens with one attached hydrogen (secondary N) is 5. The number of urea groups is 1. The van der Waals surface area contributed by atoms with Crippen LogP contribution in [0.25, 0.3) is 0 Å². The highest BCUT2D eigenvalue weighted by Crippen LogP contribution is 2.24. The number of benzene rings is 2. The number of rotatable bonds is 7. The summed E-state index contributed by atoms with van der Waals surface area (Å²) in [5, 5.41) is 27.8. The van der Waals surface area contributed by atoms with Crippen LogP contribution < -0.4 is 21.3 Å². The third kappa shape index (κ3) is 6.11. The number of nitrogens with zero attached hydrogens (tertiary/aromatic N) is 3. The summed E-state index contributed by atoms with van der Waals surface area (Å²) >= 11 is 0. The molecule has 6 N–H and O–H groups in total. The first-order valence-corrected chi connectivity index (χ1v) is 10.7. The Morgan fingerprint density at radius 3 is 2.20 bits per heavy atom. The zero-order valence-electron chi connectivity index (χ0n) is 19.3. The van der Waals surface area contributed by atoms with Crippen molar-refractivity contribution < 1.29 is 14.7 Å². The lowest BCUT2D eigenvalue weighted by molar-refractivity contribution is 0.0697. The topological polar surface area (TPSA) is 157 Å². The highest BCUT2D eigenvalue weighted by molar-refractivity contribution is 6.00. The third-order valence-corrected chi connectivity index (χ3v) is 4.94. The Morgan fingerprint density at radius 2 is 1.54 bits per heavy atom. The van der Waals surface area contributed by atoms with Gasteiger partial charge in [0.15, 0.2) is 0 Å². The van der Waals surface area contributed by atoms with Crippen LogP contribution in [0, 0.1) is 20.8 Å². The van der Waals surface area contributed by atoms with Crippen LogP contribution >= 0.6 is 0 Å². The van der Waals surface area contributed by atoms with Crippen molar-refractivity contribution in [3.8, 4) is 0 Å². The molecule has 0 bridgehead atoms. The number of hydrogen-bond donors (Lipinski definition) is 6. The van der Waals surface area contributed by atoms with Crippen molar-refractivity contribution in [1.29, 1.82) is 0 Å². The Balaban J connectivity index is 1.40. The molecule has 11 heteroatoms. The predicted molar refractivity (Wildman–Crippen MR) is 134 cm³/mol. The molecule has 0 atom stereocenters. The minimum absolute atomic E-state index is 0.145. The zero-order chi connectivity index (χ0) is 24.9. The molecule has 2 aromatic carbocycles. The Bertz CT molecular complexity index is 1380. The second kappa shape index (κ2) is 9.91. The first-order valence-electron chi connectivity index (χ1n) is 10.7. The second-order valence-electron chi connectivity index (χ2n) is 7.88. The first kappa shape index (κ1) is 23.2. The van der Waals surface area contributed by atoms with E-state index in [1.54, 1.807) is 6.07 Å². The van der Waals surface area contributed by atoms with Crippen LogP contribution in [0.1, 0.15) is 27.3 Å². The van der Waals surface area contributed by atoms with Crippen LogP contribution in [0.15, 0.2) is 54.6 Å². The first-order chi connectivity index (χ1) is 16.7. The quantitative estimate of drug-likeness (QED) is 0.220. The van der Waals surface area contributed by atoms with Crippen LogP contribution in [-0.2, 0) is 0 Å². The maximum absolute atomic E-state index is 12.3. The number of aromatic nitrogens is 4. The summed E-state index contributed by atoms with van der Waals surface area (Å²) in [6, 6.07) is 14.6. The zero-order valence-corrected chi connectivity index (χ0v) is 19.3. The lowest BCUT2D eigenvalue weighted by Crippen LogP contribution is -2.19. The van der Waals surface area contributed by atoms with E-state index in [1.807, 2.05) is 45.0 Å². The minimum Gasteiger partial charge on any atom is -0.478 e. The summed E-state index contributed by atoms with van der Waals surface area (Å²) in [4.78, 5) is 32.2. The SMILES string of the molecule is Cc1cc(Nc2cc(C)nc(Nc3ccc(NC(=O)Nc4ccc(C(=O)O)cc4)cc3C)n2)[nH]n1. The molecule has 0 unspecified atom stereocenters. The number of anilines is 6. The van der Waals surface area contributed by atoms with Gasteiger partial charge in [0.05, 0.1) is 11.3 Å². The lowest BCUT2D eigenvalue weighted by Gasteiger charge is -2.13. The fourth-order valence-corrected chi connectivity index (χ4v) is 3.30. The molecular weight excluding hydrogens is 448 g/mol. The van der Waals surface area contributed by atoms with Gasteiger partial charge in [-0.2, -0.15) is 10.1 Å². The maximum atomic E-state index is 12.3. The Kier molecular flexibility index (Phi) is 6.58. The summed E-state index contributed by atoms with van der Waals surface area (Å²) in [6.45, 7) is 5.67.